The molecule has 0 aromatic carbocycles. The van der Waals surface area contributed by atoms with E-state index in [0.717, 1.165) is 0 Å². The quantitative estimate of drug-likeness (QED) is 0.112. The Hall–Kier alpha value is -1.58. The van der Waals surface area contributed by atoms with E-state index in [1.807, 2.05) is 0 Å². The maximum Gasteiger partial charge on any atom is 0.397 e. The molecule has 0 bridgehead atoms. The summed E-state index contributed by atoms with van der Waals surface area (Å²) < 4.78 is 117. The summed E-state index contributed by atoms with van der Waals surface area (Å²) in [6.07, 6.45) is -15.1. The summed E-state index contributed by atoms with van der Waals surface area (Å²) in [5, 5.41) is 39.6. The van der Waals surface area contributed by atoms with Crippen molar-refractivity contribution < 1.29 is 86.7 Å². The van der Waals surface area contributed by atoms with Crippen LogP contribution in [0.3, 0.4) is 0 Å². The highest BCUT2D eigenvalue weighted by Crippen LogP contribution is 2.30. The van der Waals surface area contributed by atoms with Crippen molar-refractivity contribution in [2.75, 3.05) is 6.61 Å². The predicted octanol–water partition coefficient (Wildman–Crippen LogP) is -5.10. The van der Waals surface area contributed by atoms with Crippen LogP contribution in [-0.2, 0) is 58.5 Å². The zero-order valence-corrected chi connectivity index (χ0v) is 19.1. The molecule has 0 amide bonds. The molecule has 23 heteroatoms. The number of aliphatic hydroxyl groups is 3. The van der Waals surface area contributed by atoms with E-state index in [1.165, 1.54) is 4.72 Å². The average molecular weight is 577 g/mol. The van der Waals surface area contributed by atoms with Crippen LogP contribution in [0.1, 0.15) is 0 Å². The van der Waals surface area contributed by atoms with Crippen molar-refractivity contribution in [3.63, 3.8) is 0 Å². The second-order valence-electron chi connectivity index (χ2n) is 6.79. The number of nitrogens with one attached hydrogen (secondary N) is 1. The molecule has 35 heavy (non-hydrogen) atoms. The van der Waals surface area contributed by atoms with Gasteiger partial charge in [0.1, 0.15) is 30.5 Å². The van der Waals surface area contributed by atoms with Crippen molar-refractivity contribution in [3.8, 4) is 0 Å². The second-order valence-corrected chi connectivity index (χ2v) is 10.1. The van der Waals surface area contributed by atoms with Crippen molar-refractivity contribution in [1.82, 2.24) is 4.72 Å². The molecule has 0 radical (unpaired) electrons. The molecule has 2 rings (SSSR count). The Balaban J connectivity index is 2.44. The summed E-state index contributed by atoms with van der Waals surface area (Å²) >= 11 is 0. The van der Waals surface area contributed by atoms with Gasteiger partial charge in [0.2, 0.25) is 12.0 Å². The first-order chi connectivity index (χ1) is 15.8. The van der Waals surface area contributed by atoms with E-state index in [2.05, 4.69) is 8.37 Å². The molecule has 0 aromatic rings. The molecule has 1 fully saturated rings. The lowest BCUT2D eigenvalue weighted by atomic mass is 9.97. The number of aliphatic hydroxyl groups excluding tert-OH is 3. The Morgan fingerprint density at radius 2 is 1.60 bits per heavy atom. The molecule has 0 unspecified atom stereocenters. The minimum atomic E-state index is -5.36. The largest absolute Gasteiger partial charge is 0.475 e. The third kappa shape index (κ3) is 8.79. The molecule has 0 saturated carbocycles. The number of carboxylic acid groups (broad SMARTS) is 1. The van der Waals surface area contributed by atoms with Crippen LogP contribution in [0, 0.1) is 0 Å². The molecular formula is C12H19NO19S3. The molecule has 1 saturated heterocycles. The number of hydrogen-bond acceptors (Lipinski definition) is 15. The van der Waals surface area contributed by atoms with Gasteiger partial charge in [-0.15, -0.1) is 0 Å². The monoisotopic (exact) mass is 577 g/mol. The van der Waals surface area contributed by atoms with E-state index in [4.69, 9.17) is 33.0 Å². The van der Waals surface area contributed by atoms with E-state index < -0.39 is 98.6 Å². The highest BCUT2D eigenvalue weighted by Gasteiger charge is 2.51. The number of hydrogen-bond donors (Lipinski definition) is 8. The number of aliphatic carboxylic acids is 1. The highest BCUT2D eigenvalue weighted by atomic mass is 32.3. The zero-order chi connectivity index (χ0) is 26.9. The summed E-state index contributed by atoms with van der Waals surface area (Å²) in [5.41, 5.74) is 0. The van der Waals surface area contributed by atoms with Gasteiger partial charge in [0.15, 0.2) is 12.4 Å². The van der Waals surface area contributed by atoms with Gasteiger partial charge in [0, 0.05) is 0 Å². The maximum absolute atomic E-state index is 11.2. The zero-order valence-electron chi connectivity index (χ0n) is 16.7. The SMILES string of the molecule is O=C(O)C1=C[C@@H](O)[C@@H](OS(=O)(=O)O)[C@@H](O[C@H]2[C@@H](O)[C@@H](NS(=O)(=O)O)[C@@H](O)O[C@H]2COS(=O)(=O)O)O1. The second kappa shape index (κ2) is 10.8. The van der Waals surface area contributed by atoms with E-state index >= 15 is 0 Å². The molecule has 0 aliphatic carbocycles. The van der Waals surface area contributed by atoms with E-state index in [-0.39, 0.29) is 0 Å². The Labute approximate surface area is 196 Å². The summed E-state index contributed by atoms with van der Waals surface area (Å²) in [6.45, 7) is -1.25. The molecule has 8 atom stereocenters. The molecule has 204 valence electrons. The molecule has 2 aliphatic heterocycles. The first-order valence-corrected chi connectivity index (χ1v) is 12.9. The first-order valence-electron chi connectivity index (χ1n) is 8.76. The van der Waals surface area contributed by atoms with Crippen molar-refractivity contribution >= 4 is 37.1 Å². The van der Waals surface area contributed by atoms with E-state index in [0.29, 0.717) is 6.08 Å². The van der Waals surface area contributed by atoms with Crippen LogP contribution in [0.15, 0.2) is 11.8 Å². The Kier molecular flexibility index (Phi) is 9.15. The fraction of sp³-hybridized carbons (Fsp3) is 0.750. The Morgan fingerprint density at radius 3 is 2.09 bits per heavy atom. The first kappa shape index (κ1) is 29.6. The van der Waals surface area contributed by atoms with Crippen LogP contribution in [-0.4, -0.2) is 121 Å². The fourth-order valence-electron chi connectivity index (χ4n) is 2.96. The van der Waals surface area contributed by atoms with Crippen molar-refractivity contribution in [2.45, 2.75) is 49.1 Å². The van der Waals surface area contributed by atoms with Crippen LogP contribution >= 0.6 is 0 Å². The lowest BCUT2D eigenvalue weighted by Crippen LogP contribution is -2.66. The van der Waals surface area contributed by atoms with Gasteiger partial charge in [0.05, 0.1) is 6.61 Å². The number of rotatable bonds is 10. The van der Waals surface area contributed by atoms with Gasteiger partial charge >= 0.3 is 37.1 Å². The molecule has 2 heterocycles. The van der Waals surface area contributed by atoms with E-state index in [1.54, 1.807) is 0 Å². The molecule has 0 spiro atoms. The predicted molar refractivity (Wildman–Crippen MR) is 101 cm³/mol. The van der Waals surface area contributed by atoms with Crippen LogP contribution in [0.25, 0.3) is 0 Å². The van der Waals surface area contributed by atoms with Crippen LogP contribution in [0.2, 0.25) is 0 Å². The lowest BCUT2D eigenvalue weighted by molar-refractivity contribution is -0.303. The van der Waals surface area contributed by atoms with E-state index in [9.17, 15) is 45.4 Å². The van der Waals surface area contributed by atoms with Gasteiger partial charge < -0.3 is 34.6 Å². The van der Waals surface area contributed by atoms with Crippen LogP contribution in [0.5, 0.6) is 0 Å². The molecule has 8 N–H and O–H groups in total. The van der Waals surface area contributed by atoms with Gasteiger partial charge in [-0.25, -0.2) is 13.2 Å². The number of carboxylic acids is 1. The van der Waals surface area contributed by atoms with Crippen LogP contribution < -0.4 is 4.72 Å². The Bertz CT molecular complexity index is 1130. The summed E-state index contributed by atoms with van der Waals surface area (Å²) in [6, 6.07) is -2.15. The molecule has 0 aromatic heterocycles. The van der Waals surface area contributed by atoms with Crippen molar-refractivity contribution in [3.05, 3.63) is 11.8 Å². The van der Waals surface area contributed by atoms with Crippen molar-refractivity contribution in [1.29, 1.82) is 0 Å². The summed E-state index contributed by atoms with van der Waals surface area (Å²) in [4.78, 5) is 11.2. The van der Waals surface area contributed by atoms with Gasteiger partial charge in [-0.05, 0) is 6.08 Å². The average Bonchev–Trinajstić information content (AvgIpc) is 2.65. The molecule has 20 nitrogen and oxygen atoms in total. The van der Waals surface area contributed by atoms with Gasteiger partial charge in [0.25, 0.3) is 0 Å². The van der Waals surface area contributed by atoms with Gasteiger partial charge in [-0.2, -0.15) is 30.0 Å². The smallest absolute Gasteiger partial charge is 0.397 e. The highest BCUT2D eigenvalue weighted by molar-refractivity contribution is 7.83. The van der Waals surface area contributed by atoms with Crippen LogP contribution in [0.4, 0.5) is 0 Å². The normalized spacial score (nSPS) is 34.6. The van der Waals surface area contributed by atoms with Gasteiger partial charge in [-0.1, -0.05) is 0 Å². The third-order valence-electron chi connectivity index (χ3n) is 4.26. The molecule has 2 aliphatic rings. The number of carbonyl (C=O) groups is 1. The number of ether oxygens (including phenoxy) is 3. The lowest BCUT2D eigenvalue weighted by Gasteiger charge is -2.44. The Morgan fingerprint density at radius 1 is 1.00 bits per heavy atom. The molecular weight excluding hydrogens is 558 g/mol. The minimum Gasteiger partial charge on any atom is -0.475 e. The summed E-state index contributed by atoms with van der Waals surface area (Å²) in [5.74, 6) is -2.88. The summed E-state index contributed by atoms with van der Waals surface area (Å²) in [7, 11) is -15.7. The fourth-order valence-corrected chi connectivity index (χ4v) is 4.35. The standard InChI is InChI=1S/C12H19NO19S3/c14-3-1-4(10(16)17)30-12(8(3)32-35(25,26)27)31-9-5(2-28-34(22,23)24)29-11(18)6(7(9)15)13-33(19,20)21/h1,3,5-9,11-15,18H,2H2,(H,16,17)(H,19,20,21)(H,22,23,24)(H,25,26,27)/t3-,5+,6-,7+,8-,9-,11+,12-/m1/s1. The minimum absolute atomic E-state index is 0.442. The topological polar surface area (TPSA) is 319 Å². The third-order valence-corrected chi connectivity index (χ3v) is 5.73. The van der Waals surface area contributed by atoms with Gasteiger partial charge in [-0.3, -0.25) is 13.7 Å². The van der Waals surface area contributed by atoms with Crippen molar-refractivity contribution in [2.24, 2.45) is 0 Å². The maximum atomic E-state index is 11.2.